The van der Waals surface area contributed by atoms with E-state index < -0.39 is 0 Å². The van der Waals surface area contributed by atoms with Gasteiger partial charge in [0, 0.05) is 55.7 Å². The van der Waals surface area contributed by atoms with E-state index in [0.29, 0.717) is 31.9 Å². The van der Waals surface area contributed by atoms with Crippen LogP contribution in [0.15, 0.2) is 23.4 Å². The third-order valence-corrected chi connectivity index (χ3v) is 8.15. The van der Waals surface area contributed by atoms with Crippen molar-refractivity contribution in [1.29, 1.82) is 0 Å². The van der Waals surface area contributed by atoms with Gasteiger partial charge in [-0.2, -0.15) is 0 Å². The van der Waals surface area contributed by atoms with Crippen LogP contribution in [0.4, 0.5) is 4.39 Å². The van der Waals surface area contributed by atoms with E-state index in [1.807, 2.05) is 27.1 Å². The van der Waals surface area contributed by atoms with Crippen molar-refractivity contribution in [3.8, 4) is 5.75 Å². The molecular weight excluding hydrogens is 457 g/mol. The summed E-state index contributed by atoms with van der Waals surface area (Å²) in [6, 6.07) is 3.60. The molecule has 1 aromatic rings. The van der Waals surface area contributed by atoms with Crippen LogP contribution in [0.3, 0.4) is 0 Å². The lowest BCUT2D eigenvalue weighted by Crippen LogP contribution is -2.38. The molecule has 202 valence electrons. The maximum atomic E-state index is 15.9. The first kappa shape index (κ1) is 28.5. The Bertz CT molecular complexity index is 913. The lowest BCUT2D eigenvalue weighted by molar-refractivity contribution is -0.118. The average Bonchev–Trinajstić information content (AvgIpc) is 2.88. The third-order valence-electron chi connectivity index (χ3n) is 8.15. The monoisotopic (exact) mass is 503 g/mol. The summed E-state index contributed by atoms with van der Waals surface area (Å²) in [5.74, 6) is 0.415. The maximum absolute atomic E-state index is 15.9. The standard InChI is InChI=1S/C29H46FN3O3/c1-6-22-19-24(36-23-10-17-35-18-11-23)20-26(30)27(22)29(7-2,12-14-31-4)13-15-32-28(34)25-9-8-16-33(5)21(25)3/h19-20,23,31H,6-18H2,1-5H3,(H,32,34). The Morgan fingerprint density at radius 3 is 2.61 bits per heavy atom. The number of halogens is 1. The van der Waals surface area contributed by atoms with Gasteiger partial charge in [0.25, 0.3) is 0 Å². The molecule has 0 spiro atoms. The van der Waals surface area contributed by atoms with Crippen LogP contribution in [-0.2, 0) is 21.4 Å². The van der Waals surface area contributed by atoms with Crippen LogP contribution < -0.4 is 15.4 Å². The van der Waals surface area contributed by atoms with Crippen LogP contribution in [0.25, 0.3) is 0 Å². The topological polar surface area (TPSA) is 62.8 Å². The minimum Gasteiger partial charge on any atom is -0.490 e. The Labute approximate surface area is 217 Å². The summed E-state index contributed by atoms with van der Waals surface area (Å²) < 4.78 is 27.5. The van der Waals surface area contributed by atoms with Gasteiger partial charge in [-0.25, -0.2) is 4.39 Å². The molecule has 0 aromatic heterocycles. The number of ether oxygens (including phenoxy) is 2. The summed E-state index contributed by atoms with van der Waals surface area (Å²) in [7, 11) is 3.96. The number of allylic oxidation sites excluding steroid dienone is 1. The second-order valence-corrected chi connectivity index (χ2v) is 10.3. The van der Waals surface area contributed by atoms with Gasteiger partial charge in [-0.15, -0.1) is 0 Å². The molecular formula is C29H46FN3O3. The zero-order chi connectivity index (χ0) is 26.1. The molecule has 2 aliphatic heterocycles. The molecule has 36 heavy (non-hydrogen) atoms. The minimum absolute atomic E-state index is 0.00839. The lowest BCUT2D eigenvalue weighted by Gasteiger charge is -2.36. The summed E-state index contributed by atoms with van der Waals surface area (Å²) in [6.07, 6.45) is 6.53. The molecule has 0 bridgehead atoms. The predicted octanol–water partition coefficient (Wildman–Crippen LogP) is 4.71. The van der Waals surface area contributed by atoms with E-state index in [1.165, 1.54) is 0 Å². The van der Waals surface area contributed by atoms with Crippen LogP contribution in [0.5, 0.6) is 5.75 Å². The summed E-state index contributed by atoms with van der Waals surface area (Å²) in [5, 5.41) is 6.41. The number of nitrogens with one attached hydrogen (secondary N) is 2. The van der Waals surface area contributed by atoms with Gasteiger partial charge in [0.1, 0.15) is 17.7 Å². The van der Waals surface area contributed by atoms with Crippen LogP contribution in [0.1, 0.15) is 76.8 Å². The first-order chi connectivity index (χ1) is 17.3. The summed E-state index contributed by atoms with van der Waals surface area (Å²) >= 11 is 0. The van der Waals surface area contributed by atoms with Gasteiger partial charge >= 0.3 is 0 Å². The first-order valence-electron chi connectivity index (χ1n) is 13.8. The van der Waals surface area contributed by atoms with Crippen molar-refractivity contribution >= 4 is 5.91 Å². The molecule has 1 saturated heterocycles. The molecule has 7 heteroatoms. The summed E-state index contributed by atoms with van der Waals surface area (Å²) in [4.78, 5) is 15.1. The van der Waals surface area contributed by atoms with Crippen molar-refractivity contribution in [2.45, 2.75) is 83.7 Å². The first-order valence-corrected chi connectivity index (χ1v) is 13.8. The van der Waals surface area contributed by atoms with E-state index in [4.69, 9.17) is 9.47 Å². The number of carbonyl (C=O) groups excluding carboxylic acids is 1. The molecule has 2 heterocycles. The third kappa shape index (κ3) is 6.80. The molecule has 1 fully saturated rings. The normalized spacial score (nSPS) is 18.8. The highest BCUT2D eigenvalue weighted by molar-refractivity contribution is 5.94. The van der Waals surface area contributed by atoms with Gasteiger partial charge in [-0.05, 0) is 76.2 Å². The zero-order valence-corrected chi connectivity index (χ0v) is 23.0. The lowest BCUT2D eigenvalue weighted by atomic mass is 9.70. The second-order valence-electron chi connectivity index (χ2n) is 10.3. The summed E-state index contributed by atoms with van der Waals surface area (Å²) in [5.41, 5.74) is 3.32. The number of carbonyl (C=O) groups is 1. The average molecular weight is 504 g/mol. The van der Waals surface area contributed by atoms with E-state index in [0.717, 1.165) is 80.4 Å². The van der Waals surface area contributed by atoms with E-state index in [2.05, 4.69) is 29.4 Å². The molecule has 1 atom stereocenters. The molecule has 2 aliphatic rings. The molecule has 3 rings (SSSR count). The fraction of sp³-hybridized carbons (Fsp3) is 0.690. The maximum Gasteiger partial charge on any atom is 0.248 e. The van der Waals surface area contributed by atoms with Crippen molar-refractivity contribution in [2.75, 3.05) is 46.9 Å². The van der Waals surface area contributed by atoms with Crippen molar-refractivity contribution in [3.63, 3.8) is 0 Å². The number of amides is 1. The van der Waals surface area contributed by atoms with Crippen molar-refractivity contribution in [3.05, 3.63) is 40.3 Å². The van der Waals surface area contributed by atoms with Crippen molar-refractivity contribution < 1.29 is 18.7 Å². The molecule has 2 N–H and O–H groups in total. The molecule has 1 unspecified atom stereocenters. The SMILES string of the molecule is CCc1cc(OC2CCOCC2)cc(F)c1C(CC)(CCNC)CCNC(=O)C1=C(C)N(C)CCC1. The second kappa shape index (κ2) is 13.4. The smallest absolute Gasteiger partial charge is 0.248 e. The van der Waals surface area contributed by atoms with Crippen molar-refractivity contribution in [1.82, 2.24) is 15.5 Å². The van der Waals surface area contributed by atoms with Gasteiger partial charge in [-0.3, -0.25) is 4.79 Å². The van der Waals surface area contributed by atoms with Crippen LogP contribution >= 0.6 is 0 Å². The fourth-order valence-electron chi connectivity index (χ4n) is 5.70. The predicted molar refractivity (Wildman–Crippen MR) is 143 cm³/mol. The molecule has 0 radical (unpaired) electrons. The van der Waals surface area contributed by atoms with Gasteiger partial charge in [0.15, 0.2) is 0 Å². The number of benzene rings is 1. The largest absolute Gasteiger partial charge is 0.490 e. The van der Waals surface area contributed by atoms with Crippen LogP contribution in [-0.4, -0.2) is 63.9 Å². The Morgan fingerprint density at radius 2 is 1.94 bits per heavy atom. The number of nitrogens with zero attached hydrogens (tertiary/aromatic N) is 1. The number of aryl methyl sites for hydroxylation is 1. The Morgan fingerprint density at radius 1 is 1.22 bits per heavy atom. The molecule has 0 saturated carbocycles. The minimum atomic E-state index is -0.379. The molecule has 0 aliphatic carbocycles. The van der Waals surface area contributed by atoms with Gasteiger partial charge < -0.3 is 25.0 Å². The molecule has 6 nitrogen and oxygen atoms in total. The van der Waals surface area contributed by atoms with Gasteiger partial charge in [0.2, 0.25) is 5.91 Å². The molecule has 1 amide bonds. The number of hydrogen-bond acceptors (Lipinski definition) is 5. The Hall–Kier alpha value is -2.12. The highest BCUT2D eigenvalue weighted by atomic mass is 19.1. The quantitative estimate of drug-likeness (QED) is 0.433. The Kier molecular flexibility index (Phi) is 10.6. The molecule has 1 aromatic carbocycles. The van der Waals surface area contributed by atoms with Crippen molar-refractivity contribution in [2.24, 2.45) is 0 Å². The summed E-state index contributed by atoms with van der Waals surface area (Å²) in [6.45, 7) is 9.88. The van der Waals surface area contributed by atoms with E-state index in [-0.39, 0.29) is 23.2 Å². The zero-order valence-electron chi connectivity index (χ0n) is 23.0. The fourth-order valence-corrected chi connectivity index (χ4v) is 5.70. The van der Waals surface area contributed by atoms with E-state index in [9.17, 15) is 4.79 Å². The number of rotatable bonds is 12. The van der Waals surface area contributed by atoms with Crippen LogP contribution in [0.2, 0.25) is 0 Å². The van der Waals surface area contributed by atoms with Gasteiger partial charge in [-0.1, -0.05) is 13.8 Å². The van der Waals surface area contributed by atoms with Crippen LogP contribution in [0, 0.1) is 5.82 Å². The highest BCUT2D eigenvalue weighted by Gasteiger charge is 2.35. The van der Waals surface area contributed by atoms with E-state index >= 15 is 4.39 Å². The van der Waals surface area contributed by atoms with Gasteiger partial charge in [0.05, 0.1) is 13.2 Å². The van der Waals surface area contributed by atoms with E-state index in [1.54, 1.807) is 6.07 Å². The highest BCUT2D eigenvalue weighted by Crippen LogP contribution is 2.41. The number of hydrogen-bond donors (Lipinski definition) is 2. The Balaban J connectivity index is 1.82.